The van der Waals surface area contributed by atoms with Gasteiger partial charge in [-0.3, -0.25) is 4.79 Å². The number of carbonyl (C=O) groups excluding carboxylic acids is 1. The Labute approximate surface area is 80.2 Å². The minimum atomic E-state index is 0.486. The largest absolute Gasteiger partial charge is 0.300 e. The maximum Gasteiger partial charge on any atom is 0.133 e. The average Bonchev–Trinajstić information content (AvgIpc) is 2.01. The van der Waals surface area contributed by atoms with Crippen molar-refractivity contribution in [3.05, 3.63) is 11.6 Å². The first kappa shape index (κ1) is 8.98. The van der Waals surface area contributed by atoms with Crippen LogP contribution in [0.15, 0.2) is 11.6 Å². The molecule has 0 heterocycles. The fraction of sp³-hybridized carbons (Fsp3) is 0.750. The standard InChI is InChI=1S/C12H18O/c1-8(2)11-4-9-3-10(5-11)7-12(13)6-9/h4,8-10H,3,5-7H2,1-2H3/t9-,10+/m0/s1. The number of rotatable bonds is 1. The van der Waals surface area contributed by atoms with E-state index >= 15 is 0 Å². The van der Waals surface area contributed by atoms with Gasteiger partial charge < -0.3 is 0 Å². The first-order valence-corrected chi connectivity index (χ1v) is 5.37. The van der Waals surface area contributed by atoms with Crippen molar-refractivity contribution in [1.29, 1.82) is 0 Å². The molecule has 2 atom stereocenters. The van der Waals surface area contributed by atoms with E-state index in [-0.39, 0.29) is 0 Å². The molecule has 2 rings (SSSR count). The lowest BCUT2D eigenvalue weighted by atomic mass is 9.71. The second-order valence-corrected chi connectivity index (χ2v) is 4.91. The van der Waals surface area contributed by atoms with E-state index in [0.717, 1.165) is 12.8 Å². The van der Waals surface area contributed by atoms with Crippen LogP contribution in [0.4, 0.5) is 0 Å². The molecule has 2 aliphatic rings. The van der Waals surface area contributed by atoms with Gasteiger partial charge in [-0.15, -0.1) is 0 Å². The van der Waals surface area contributed by atoms with Crippen LogP contribution in [-0.4, -0.2) is 5.78 Å². The van der Waals surface area contributed by atoms with E-state index in [9.17, 15) is 4.79 Å². The normalized spacial score (nSPS) is 33.5. The molecule has 0 unspecified atom stereocenters. The summed E-state index contributed by atoms with van der Waals surface area (Å²) in [5.74, 6) is 2.42. The smallest absolute Gasteiger partial charge is 0.133 e. The molecule has 2 bridgehead atoms. The van der Waals surface area contributed by atoms with Crippen LogP contribution in [0.25, 0.3) is 0 Å². The van der Waals surface area contributed by atoms with Crippen molar-refractivity contribution in [2.45, 2.75) is 39.5 Å². The summed E-state index contributed by atoms with van der Waals surface area (Å²) >= 11 is 0. The zero-order valence-electron chi connectivity index (χ0n) is 8.55. The molecule has 0 spiro atoms. The molecule has 0 aromatic carbocycles. The third kappa shape index (κ3) is 1.84. The number of Topliss-reactive ketones (excluding diaryl/α,β-unsaturated/α-hetero) is 1. The molecule has 1 fully saturated rings. The summed E-state index contributed by atoms with van der Waals surface area (Å²) in [6, 6.07) is 0. The number of carbonyl (C=O) groups is 1. The van der Waals surface area contributed by atoms with Crippen LogP contribution in [0, 0.1) is 17.8 Å². The van der Waals surface area contributed by atoms with E-state index in [1.54, 1.807) is 5.57 Å². The van der Waals surface area contributed by atoms with Gasteiger partial charge in [-0.1, -0.05) is 25.5 Å². The summed E-state index contributed by atoms with van der Waals surface area (Å²) in [6.45, 7) is 4.52. The third-order valence-electron chi connectivity index (χ3n) is 3.36. The second-order valence-electron chi connectivity index (χ2n) is 4.91. The Hall–Kier alpha value is -0.590. The van der Waals surface area contributed by atoms with Gasteiger partial charge in [-0.05, 0) is 30.6 Å². The monoisotopic (exact) mass is 178 g/mol. The van der Waals surface area contributed by atoms with E-state index in [1.807, 2.05) is 0 Å². The highest BCUT2D eigenvalue weighted by molar-refractivity contribution is 5.80. The van der Waals surface area contributed by atoms with Gasteiger partial charge in [0.2, 0.25) is 0 Å². The quantitative estimate of drug-likeness (QED) is 0.564. The minimum Gasteiger partial charge on any atom is -0.300 e. The van der Waals surface area contributed by atoms with Crippen molar-refractivity contribution in [2.75, 3.05) is 0 Å². The van der Waals surface area contributed by atoms with Crippen molar-refractivity contribution in [3.63, 3.8) is 0 Å². The molecule has 72 valence electrons. The van der Waals surface area contributed by atoms with Gasteiger partial charge in [-0.25, -0.2) is 0 Å². The van der Waals surface area contributed by atoms with Gasteiger partial charge in [0.1, 0.15) is 5.78 Å². The lowest BCUT2D eigenvalue weighted by molar-refractivity contribution is -0.122. The minimum absolute atomic E-state index is 0.486. The molecule has 2 aliphatic carbocycles. The highest BCUT2D eigenvalue weighted by Crippen LogP contribution is 2.39. The Bertz CT molecular complexity index is 250. The fourth-order valence-electron chi connectivity index (χ4n) is 2.71. The molecular formula is C12H18O. The predicted octanol–water partition coefficient (Wildman–Crippen LogP) is 2.96. The lowest BCUT2D eigenvalue weighted by Crippen LogP contribution is -2.26. The number of fused-ring (bicyclic) bond motifs is 2. The van der Waals surface area contributed by atoms with Crippen molar-refractivity contribution in [3.8, 4) is 0 Å². The average molecular weight is 178 g/mol. The predicted molar refractivity (Wildman–Crippen MR) is 53.4 cm³/mol. The molecule has 0 aromatic rings. The first-order valence-electron chi connectivity index (χ1n) is 5.37. The van der Waals surface area contributed by atoms with E-state index in [1.165, 1.54) is 12.8 Å². The van der Waals surface area contributed by atoms with Crippen LogP contribution >= 0.6 is 0 Å². The Morgan fingerprint density at radius 3 is 2.69 bits per heavy atom. The SMILES string of the molecule is CC(C)C1=C[C@H]2CC(=O)C[C@@H](C1)C2. The summed E-state index contributed by atoms with van der Waals surface area (Å²) in [5.41, 5.74) is 1.59. The van der Waals surface area contributed by atoms with Crippen molar-refractivity contribution >= 4 is 5.78 Å². The Morgan fingerprint density at radius 1 is 1.31 bits per heavy atom. The molecule has 0 saturated heterocycles. The molecule has 13 heavy (non-hydrogen) atoms. The van der Waals surface area contributed by atoms with Gasteiger partial charge in [0.05, 0.1) is 0 Å². The maximum atomic E-state index is 11.3. The summed E-state index contributed by atoms with van der Waals surface area (Å²) in [6.07, 6.45) is 6.48. The molecule has 0 radical (unpaired) electrons. The topological polar surface area (TPSA) is 17.1 Å². The van der Waals surface area contributed by atoms with Crippen LogP contribution in [0.2, 0.25) is 0 Å². The van der Waals surface area contributed by atoms with Crippen LogP contribution in [0.1, 0.15) is 39.5 Å². The highest BCUT2D eigenvalue weighted by Gasteiger charge is 2.30. The van der Waals surface area contributed by atoms with Gasteiger partial charge in [0.25, 0.3) is 0 Å². The number of allylic oxidation sites excluding steroid dienone is 2. The molecule has 0 aromatic heterocycles. The van der Waals surface area contributed by atoms with Gasteiger partial charge in [-0.2, -0.15) is 0 Å². The van der Waals surface area contributed by atoms with Crippen LogP contribution in [0.3, 0.4) is 0 Å². The van der Waals surface area contributed by atoms with Crippen LogP contribution < -0.4 is 0 Å². The zero-order chi connectivity index (χ0) is 9.42. The fourth-order valence-corrected chi connectivity index (χ4v) is 2.71. The number of hydrogen-bond acceptors (Lipinski definition) is 1. The lowest BCUT2D eigenvalue weighted by Gasteiger charge is -2.33. The molecule has 1 saturated carbocycles. The molecule has 0 aliphatic heterocycles. The highest BCUT2D eigenvalue weighted by atomic mass is 16.1. The Morgan fingerprint density at radius 2 is 2.08 bits per heavy atom. The summed E-state index contributed by atoms with van der Waals surface area (Å²) in [7, 11) is 0. The molecule has 0 N–H and O–H groups in total. The third-order valence-corrected chi connectivity index (χ3v) is 3.36. The molecular weight excluding hydrogens is 160 g/mol. The van der Waals surface area contributed by atoms with E-state index < -0.39 is 0 Å². The second kappa shape index (κ2) is 3.28. The van der Waals surface area contributed by atoms with Crippen molar-refractivity contribution in [2.24, 2.45) is 17.8 Å². The molecule has 1 nitrogen and oxygen atoms in total. The van der Waals surface area contributed by atoms with Gasteiger partial charge in [0, 0.05) is 12.8 Å². The zero-order valence-corrected chi connectivity index (χ0v) is 8.55. The maximum absolute atomic E-state index is 11.3. The Balaban J connectivity index is 2.16. The summed E-state index contributed by atoms with van der Waals surface area (Å²) in [5, 5.41) is 0. The van der Waals surface area contributed by atoms with Gasteiger partial charge in [0.15, 0.2) is 0 Å². The van der Waals surface area contributed by atoms with Crippen LogP contribution in [0.5, 0.6) is 0 Å². The van der Waals surface area contributed by atoms with Crippen molar-refractivity contribution in [1.82, 2.24) is 0 Å². The summed E-state index contributed by atoms with van der Waals surface area (Å²) < 4.78 is 0. The van der Waals surface area contributed by atoms with Crippen LogP contribution in [-0.2, 0) is 4.79 Å². The van der Waals surface area contributed by atoms with Gasteiger partial charge >= 0.3 is 0 Å². The van der Waals surface area contributed by atoms with E-state index in [0.29, 0.717) is 23.5 Å². The first-order chi connectivity index (χ1) is 6.15. The molecule has 0 amide bonds. The Kier molecular flexibility index (Phi) is 2.27. The van der Waals surface area contributed by atoms with E-state index in [2.05, 4.69) is 19.9 Å². The number of hydrogen-bond donors (Lipinski definition) is 0. The number of ketones is 1. The molecule has 1 heteroatoms. The van der Waals surface area contributed by atoms with E-state index in [4.69, 9.17) is 0 Å². The summed E-state index contributed by atoms with van der Waals surface area (Å²) in [4.78, 5) is 11.3. The van der Waals surface area contributed by atoms with Crippen molar-refractivity contribution < 1.29 is 4.79 Å².